The van der Waals surface area contributed by atoms with Crippen molar-refractivity contribution in [3.05, 3.63) is 18.3 Å². The SMILES string of the molecule is CCCNc1cccnc1S(=O)(=O)N(CC)C(C)C. The average molecular weight is 285 g/mol. The van der Waals surface area contributed by atoms with Gasteiger partial charge >= 0.3 is 0 Å². The molecule has 1 rings (SSSR count). The molecule has 0 bridgehead atoms. The molecule has 0 radical (unpaired) electrons. The van der Waals surface area contributed by atoms with Gasteiger partial charge in [-0.3, -0.25) is 0 Å². The van der Waals surface area contributed by atoms with E-state index in [2.05, 4.69) is 10.3 Å². The highest BCUT2D eigenvalue weighted by Crippen LogP contribution is 2.23. The smallest absolute Gasteiger partial charge is 0.262 e. The molecule has 1 aromatic rings. The van der Waals surface area contributed by atoms with Crippen molar-refractivity contribution >= 4 is 15.7 Å². The van der Waals surface area contributed by atoms with Gasteiger partial charge in [-0.2, -0.15) is 4.31 Å². The number of hydrogen-bond acceptors (Lipinski definition) is 4. The molecule has 5 nitrogen and oxygen atoms in total. The third kappa shape index (κ3) is 3.67. The summed E-state index contributed by atoms with van der Waals surface area (Å²) in [4.78, 5) is 4.06. The standard InChI is InChI=1S/C13H23N3O2S/c1-5-9-14-12-8-7-10-15-13(12)19(17,18)16(6-2)11(3)4/h7-8,10-11,14H,5-6,9H2,1-4H3. The lowest BCUT2D eigenvalue weighted by Crippen LogP contribution is -2.37. The lowest BCUT2D eigenvalue weighted by molar-refractivity contribution is 0.368. The van der Waals surface area contributed by atoms with Crippen LogP contribution in [-0.2, 0) is 10.0 Å². The summed E-state index contributed by atoms with van der Waals surface area (Å²) < 4.78 is 26.7. The molecule has 0 amide bonds. The van der Waals surface area contributed by atoms with Crippen molar-refractivity contribution < 1.29 is 8.42 Å². The van der Waals surface area contributed by atoms with Gasteiger partial charge in [0.05, 0.1) is 5.69 Å². The molecule has 1 N–H and O–H groups in total. The van der Waals surface area contributed by atoms with Crippen molar-refractivity contribution in [2.24, 2.45) is 0 Å². The summed E-state index contributed by atoms with van der Waals surface area (Å²) in [7, 11) is -3.55. The first-order chi connectivity index (χ1) is 8.95. The Morgan fingerprint density at radius 2 is 2.05 bits per heavy atom. The molecule has 19 heavy (non-hydrogen) atoms. The molecule has 0 fully saturated rings. The average Bonchev–Trinajstić information content (AvgIpc) is 2.36. The predicted molar refractivity (Wildman–Crippen MR) is 77.7 cm³/mol. The van der Waals surface area contributed by atoms with E-state index in [-0.39, 0.29) is 11.1 Å². The number of sulfonamides is 1. The lowest BCUT2D eigenvalue weighted by atomic mass is 10.4. The Labute approximate surface area is 116 Å². The van der Waals surface area contributed by atoms with Gasteiger partial charge in [0.1, 0.15) is 0 Å². The fraction of sp³-hybridized carbons (Fsp3) is 0.615. The number of anilines is 1. The molecule has 0 aliphatic rings. The molecule has 0 saturated carbocycles. The van der Waals surface area contributed by atoms with E-state index in [1.807, 2.05) is 27.7 Å². The van der Waals surface area contributed by atoms with E-state index in [1.54, 1.807) is 12.1 Å². The van der Waals surface area contributed by atoms with Crippen LogP contribution in [-0.4, -0.2) is 36.8 Å². The third-order valence-corrected chi connectivity index (χ3v) is 4.89. The number of nitrogens with zero attached hydrogens (tertiary/aromatic N) is 2. The molecule has 0 aliphatic heterocycles. The van der Waals surface area contributed by atoms with Crippen LogP contribution >= 0.6 is 0 Å². The number of rotatable bonds is 7. The Bertz CT molecular complexity index is 500. The number of aromatic nitrogens is 1. The largest absolute Gasteiger partial charge is 0.383 e. The Morgan fingerprint density at radius 3 is 2.58 bits per heavy atom. The van der Waals surface area contributed by atoms with Gasteiger partial charge in [-0.1, -0.05) is 13.8 Å². The van der Waals surface area contributed by atoms with Gasteiger partial charge in [0.2, 0.25) is 0 Å². The highest BCUT2D eigenvalue weighted by molar-refractivity contribution is 7.89. The van der Waals surface area contributed by atoms with Crippen LogP contribution in [0.5, 0.6) is 0 Å². The van der Waals surface area contributed by atoms with E-state index in [1.165, 1.54) is 10.5 Å². The highest BCUT2D eigenvalue weighted by Gasteiger charge is 2.29. The fourth-order valence-corrected chi connectivity index (χ4v) is 3.64. The monoisotopic (exact) mass is 285 g/mol. The Kier molecular flexibility index (Phi) is 5.75. The first-order valence-corrected chi connectivity index (χ1v) is 8.09. The van der Waals surface area contributed by atoms with E-state index in [0.29, 0.717) is 12.2 Å². The van der Waals surface area contributed by atoms with Crippen LogP contribution in [0, 0.1) is 0 Å². The first kappa shape index (κ1) is 15.9. The van der Waals surface area contributed by atoms with Gasteiger partial charge < -0.3 is 5.32 Å². The van der Waals surface area contributed by atoms with Crippen molar-refractivity contribution in [1.82, 2.24) is 9.29 Å². The van der Waals surface area contributed by atoms with Crippen molar-refractivity contribution in [3.8, 4) is 0 Å². The van der Waals surface area contributed by atoms with E-state index >= 15 is 0 Å². The minimum Gasteiger partial charge on any atom is -0.383 e. The summed E-state index contributed by atoms with van der Waals surface area (Å²) in [6.07, 6.45) is 2.44. The molecule has 1 heterocycles. The second-order valence-corrected chi connectivity index (χ2v) is 6.39. The number of pyridine rings is 1. The van der Waals surface area contributed by atoms with Crippen LogP contribution in [0.2, 0.25) is 0 Å². The minimum absolute atomic E-state index is 0.0870. The molecule has 0 saturated heterocycles. The maximum absolute atomic E-state index is 12.6. The molecule has 0 atom stereocenters. The molecule has 0 unspecified atom stereocenters. The van der Waals surface area contributed by atoms with Crippen LogP contribution < -0.4 is 5.32 Å². The topological polar surface area (TPSA) is 62.3 Å². The van der Waals surface area contributed by atoms with Gasteiger partial charge in [0.15, 0.2) is 5.03 Å². The third-order valence-electron chi connectivity index (χ3n) is 2.78. The Hall–Kier alpha value is -1.14. The first-order valence-electron chi connectivity index (χ1n) is 6.65. The zero-order valence-corrected chi connectivity index (χ0v) is 12.9. The molecular formula is C13H23N3O2S. The van der Waals surface area contributed by atoms with E-state index in [4.69, 9.17) is 0 Å². The summed E-state index contributed by atoms with van der Waals surface area (Å²) in [6, 6.07) is 3.41. The zero-order chi connectivity index (χ0) is 14.5. The summed E-state index contributed by atoms with van der Waals surface area (Å²) >= 11 is 0. The molecule has 0 spiro atoms. The minimum atomic E-state index is -3.55. The second-order valence-electron chi connectivity index (χ2n) is 4.59. The van der Waals surface area contributed by atoms with Crippen molar-refractivity contribution in [2.75, 3.05) is 18.4 Å². The second kappa shape index (κ2) is 6.86. The predicted octanol–water partition coefficient (Wildman–Crippen LogP) is 2.32. The van der Waals surface area contributed by atoms with Crippen molar-refractivity contribution in [1.29, 1.82) is 0 Å². The van der Waals surface area contributed by atoms with Crippen LogP contribution in [0.4, 0.5) is 5.69 Å². The van der Waals surface area contributed by atoms with Crippen LogP contribution in [0.1, 0.15) is 34.1 Å². The summed E-state index contributed by atoms with van der Waals surface area (Å²) in [5, 5.41) is 3.23. The Morgan fingerprint density at radius 1 is 1.37 bits per heavy atom. The number of hydrogen-bond donors (Lipinski definition) is 1. The molecule has 108 valence electrons. The molecule has 0 aliphatic carbocycles. The van der Waals surface area contributed by atoms with E-state index in [9.17, 15) is 8.42 Å². The van der Waals surface area contributed by atoms with Crippen LogP contribution in [0.25, 0.3) is 0 Å². The highest BCUT2D eigenvalue weighted by atomic mass is 32.2. The van der Waals surface area contributed by atoms with E-state index in [0.717, 1.165) is 13.0 Å². The normalized spacial score (nSPS) is 12.1. The molecular weight excluding hydrogens is 262 g/mol. The maximum Gasteiger partial charge on any atom is 0.262 e. The summed E-state index contributed by atoms with van der Waals surface area (Å²) in [6.45, 7) is 8.75. The van der Waals surface area contributed by atoms with Gasteiger partial charge in [-0.15, -0.1) is 0 Å². The lowest BCUT2D eigenvalue weighted by Gasteiger charge is -2.24. The molecule has 0 aromatic carbocycles. The zero-order valence-electron chi connectivity index (χ0n) is 12.0. The van der Waals surface area contributed by atoms with Gasteiger partial charge in [0.25, 0.3) is 10.0 Å². The van der Waals surface area contributed by atoms with Crippen molar-refractivity contribution in [2.45, 2.75) is 45.2 Å². The fourth-order valence-electron chi connectivity index (χ4n) is 1.91. The van der Waals surface area contributed by atoms with Crippen LogP contribution in [0.3, 0.4) is 0 Å². The summed E-state index contributed by atoms with van der Waals surface area (Å²) in [5.41, 5.74) is 0.573. The Balaban J connectivity index is 3.20. The molecule has 6 heteroatoms. The van der Waals surface area contributed by atoms with Crippen LogP contribution in [0.15, 0.2) is 23.4 Å². The van der Waals surface area contributed by atoms with Gasteiger partial charge in [-0.25, -0.2) is 13.4 Å². The quantitative estimate of drug-likeness (QED) is 0.835. The van der Waals surface area contributed by atoms with Crippen molar-refractivity contribution in [3.63, 3.8) is 0 Å². The van der Waals surface area contributed by atoms with Gasteiger partial charge in [-0.05, 0) is 32.4 Å². The van der Waals surface area contributed by atoms with E-state index < -0.39 is 10.0 Å². The molecule has 1 aromatic heterocycles. The maximum atomic E-state index is 12.6. The number of nitrogens with one attached hydrogen (secondary N) is 1. The summed E-state index contributed by atoms with van der Waals surface area (Å²) in [5.74, 6) is 0. The van der Waals surface area contributed by atoms with Gasteiger partial charge in [0, 0.05) is 25.3 Å².